The monoisotopic (exact) mass is 417 g/mol. The smallest absolute Gasteiger partial charge is 0.308 e. The van der Waals surface area contributed by atoms with Crippen molar-refractivity contribution in [3.05, 3.63) is 65.9 Å². The summed E-state index contributed by atoms with van der Waals surface area (Å²) in [5.41, 5.74) is 2.39. The molecule has 2 saturated heterocycles. The average Bonchev–Trinajstić information content (AvgIpc) is 3.21. The highest BCUT2D eigenvalue weighted by atomic mass is 16.5. The molecule has 5 rings (SSSR count). The van der Waals surface area contributed by atoms with E-state index in [9.17, 15) is 19.2 Å². The highest BCUT2D eigenvalue weighted by Crippen LogP contribution is 2.44. The first kappa shape index (κ1) is 19.4. The minimum atomic E-state index is -0.714. The molecule has 31 heavy (non-hydrogen) atoms. The van der Waals surface area contributed by atoms with Crippen LogP contribution >= 0.6 is 0 Å². The van der Waals surface area contributed by atoms with Crippen molar-refractivity contribution in [2.24, 2.45) is 11.8 Å². The molecule has 2 aromatic carbocycles. The number of amides is 2. The molecule has 5 atom stereocenters. The summed E-state index contributed by atoms with van der Waals surface area (Å²) in [6.07, 6.45) is 3.87. The average molecular weight is 417 g/mol. The van der Waals surface area contributed by atoms with Gasteiger partial charge in [-0.1, -0.05) is 24.3 Å². The Bertz CT molecular complexity index is 1150. The van der Waals surface area contributed by atoms with Gasteiger partial charge in [0, 0.05) is 19.4 Å². The van der Waals surface area contributed by atoms with E-state index >= 15 is 0 Å². The van der Waals surface area contributed by atoms with Gasteiger partial charge in [-0.3, -0.25) is 24.1 Å². The summed E-state index contributed by atoms with van der Waals surface area (Å²) in [5, 5.41) is 0. The molecular weight excluding hydrogens is 396 g/mol. The summed E-state index contributed by atoms with van der Waals surface area (Å²) in [4.78, 5) is 52.8. The van der Waals surface area contributed by atoms with Crippen LogP contribution in [0.1, 0.15) is 31.0 Å². The summed E-state index contributed by atoms with van der Waals surface area (Å²) in [5.74, 6) is -2.21. The fourth-order valence-corrected chi connectivity index (χ4v) is 5.31. The second-order valence-electron chi connectivity index (χ2n) is 8.18. The predicted octanol–water partition coefficient (Wildman–Crippen LogP) is 1.30. The summed E-state index contributed by atoms with van der Waals surface area (Å²) < 4.78 is 5.04. The van der Waals surface area contributed by atoms with E-state index in [2.05, 4.69) is 0 Å². The number of esters is 1. The minimum absolute atomic E-state index is 0.107. The second-order valence-corrected chi connectivity index (χ2v) is 8.18. The van der Waals surface area contributed by atoms with Crippen LogP contribution < -0.4 is 14.5 Å². The molecule has 0 aliphatic carbocycles. The van der Waals surface area contributed by atoms with Crippen LogP contribution in [0.25, 0.3) is 6.08 Å². The zero-order chi connectivity index (χ0) is 21.9. The van der Waals surface area contributed by atoms with Gasteiger partial charge in [0.15, 0.2) is 11.8 Å². The first-order valence-corrected chi connectivity index (χ1v) is 10.2. The number of hydrogen-bond donors (Lipinski definition) is 1. The predicted molar refractivity (Wildman–Crippen MR) is 111 cm³/mol. The number of nitrogens with one attached hydrogen (secondary N) is 1. The molecule has 7 heteroatoms. The molecule has 2 fully saturated rings. The van der Waals surface area contributed by atoms with E-state index in [1.807, 2.05) is 36.5 Å². The van der Waals surface area contributed by atoms with E-state index in [1.165, 1.54) is 18.7 Å². The number of quaternary nitrogens is 1. The highest BCUT2D eigenvalue weighted by molar-refractivity contribution is 6.23. The molecular formula is C24H21N2O5+. The first-order valence-electron chi connectivity index (χ1n) is 10.2. The quantitative estimate of drug-likeness (QED) is 0.462. The van der Waals surface area contributed by atoms with Crippen LogP contribution in [-0.2, 0) is 19.2 Å². The Kier molecular flexibility index (Phi) is 4.37. The number of ether oxygens (including phenoxy) is 1. The molecule has 0 bridgehead atoms. The summed E-state index contributed by atoms with van der Waals surface area (Å²) in [7, 11) is 0. The number of fused-ring (bicyclic) bond motifs is 5. The van der Waals surface area contributed by atoms with Gasteiger partial charge in [-0.2, -0.15) is 0 Å². The van der Waals surface area contributed by atoms with E-state index in [4.69, 9.17) is 4.74 Å². The Morgan fingerprint density at radius 2 is 1.61 bits per heavy atom. The molecule has 0 saturated carbocycles. The largest absolute Gasteiger partial charge is 0.427 e. The lowest BCUT2D eigenvalue weighted by molar-refractivity contribution is -0.884. The van der Waals surface area contributed by atoms with Crippen LogP contribution in [0.15, 0.2) is 54.7 Å². The molecule has 156 valence electrons. The van der Waals surface area contributed by atoms with E-state index < -0.39 is 23.8 Å². The van der Waals surface area contributed by atoms with Gasteiger partial charge in [0.05, 0.1) is 11.9 Å². The summed E-state index contributed by atoms with van der Waals surface area (Å²) >= 11 is 0. The third-order valence-electron chi connectivity index (χ3n) is 6.42. The van der Waals surface area contributed by atoms with E-state index in [-0.39, 0.29) is 23.6 Å². The third-order valence-corrected chi connectivity index (χ3v) is 6.42. The lowest BCUT2D eigenvalue weighted by Crippen LogP contribution is -3.12. The van der Waals surface area contributed by atoms with Crippen molar-refractivity contribution in [2.45, 2.75) is 25.9 Å². The molecule has 0 radical (unpaired) electrons. The fourth-order valence-electron chi connectivity index (χ4n) is 5.31. The van der Waals surface area contributed by atoms with Crippen molar-refractivity contribution in [1.82, 2.24) is 0 Å². The van der Waals surface area contributed by atoms with Gasteiger partial charge in [-0.05, 0) is 35.9 Å². The molecule has 7 nitrogen and oxygen atoms in total. The Labute approximate surface area is 178 Å². The van der Waals surface area contributed by atoms with Gasteiger partial charge in [0.2, 0.25) is 11.8 Å². The minimum Gasteiger partial charge on any atom is -0.427 e. The molecule has 0 spiro atoms. The number of anilines is 1. The maximum atomic E-state index is 13.6. The van der Waals surface area contributed by atoms with Crippen LogP contribution in [0.5, 0.6) is 5.75 Å². The fraction of sp³-hybridized carbons (Fsp3) is 0.250. The van der Waals surface area contributed by atoms with Gasteiger partial charge in [-0.25, -0.2) is 4.90 Å². The van der Waals surface area contributed by atoms with Crippen molar-refractivity contribution >= 4 is 35.3 Å². The maximum Gasteiger partial charge on any atom is 0.308 e. The molecule has 1 N–H and O–H groups in total. The maximum absolute atomic E-state index is 13.6. The Morgan fingerprint density at radius 1 is 0.935 bits per heavy atom. The van der Waals surface area contributed by atoms with Crippen LogP contribution in [0, 0.1) is 11.8 Å². The van der Waals surface area contributed by atoms with Crippen molar-refractivity contribution in [3.63, 3.8) is 0 Å². The Morgan fingerprint density at radius 3 is 2.29 bits per heavy atom. The standard InChI is InChI=1S/C24H20N2O5/c1-13(27)21-19-20(22-18-6-4-3-5-15(18)11-12-25(21)22)24(30)26(23(19)29)16-7-9-17(10-8-16)31-14(2)28/h3-12,19-22H,1-2H3/p+1/t19-,20+,21-,22-/m1/s1. The van der Waals surface area contributed by atoms with Crippen molar-refractivity contribution < 1.29 is 28.8 Å². The molecule has 1 unspecified atom stereocenters. The molecule has 2 aromatic rings. The van der Waals surface area contributed by atoms with Crippen LogP contribution in [0.3, 0.4) is 0 Å². The number of carbonyl (C=O) groups is 4. The topological polar surface area (TPSA) is 85.2 Å². The summed E-state index contributed by atoms with van der Waals surface area (Å²) in [6, 6.07) is 13.1. The number of carbonyl (C=O) groups excluding carboxylic acids is 4. The molecule has 3 heterocycles. The molecule has 3 aliphatic heterocycles. The lowest BCUT2D eigenvalue weighted by atomic mass is 9.84. The molecule has 3 aliphatic rings. The first-order chi connectivity index (χ1) is 14.9. The van der Waals surface area contributed by atoms with E-state index in [0.29, 0.717) is 11.4 Å². The van der Waals surface area contributed by atoms with Gasteiger partial charge < -0.3 is 4.74 Å². The Balaban J connectivity index is 1.56. The second kappa shape index (κ2) is 6.99. The van der Waals surface area contributed by atoms with Crippen LogP contribution in [-0.4, -0.2) is 29.6 Å². The van der Waals surface area contributed by atoms with E-state index in [1.54, 1.807) is 24.3 Å². The van der Waals surface area contributed by atoms with Gasteiger partial charge in [-0.15, -0.1) is 0 Å². The molecule has 0 aromatic heterocycles. The van der Waals surface area contributed by atoms with E-state index in [0.717, 1.165) is 16.0 Å². The van der Waals surface area contributed by atoms with Crippen molar-refractivity contribution in [1.29, 1.82) is 0 Å². The number of ketones is 1. The Hall–Kier alpha value is -3.58. The number of benzene rings is 2. The third kappa shape index (κ3) is 2.84. The van der Waals surface area contributed by atoms with Crippen LogP contribution in [0.2, 0.25) is 0 Å². The van der Waals surface area contributed by atoms with Crippen molar-refractivity contribution in [3.8, 4) is 5.75 Å². The lowest BCUT2D eigenvalue weighted by Gasteiger charge is -2.30. The van der Waals surface area contributed by atoms with Gasteiger partial charge in [0.25, 0.3) is 0 Å². The number of hydrogen-bond acceptors (Lipinski definition) is 5. The zero-order valence-corrected chi connectivity index (χ0v) is 17.1. The number of imide groups is 1. The normalized spacial score (nSPS) is 28.2. The van der Waals surface area contributed by atoms with Crippen molar-refractivity contribution in [2.75, 3.05) is 4.90 Å². The number of rotatable bonds is 3. The van der Waals surface area contributed by atoms with Gasteiger partial charge in [0.1, 0.15) is 23.6 Å². The number of Topliss-reactive ketones (excluding diaryl/α,β-unsaturated/α-hetero) is 1. The highest BCUT2D eigenvalue weighted by Gasteiger charge is 2.67. The van der Waals surface area contributed by atoms with Gasteiger partial charge >= 0.3 is 5.97 Å². The summed E-state index contributed by atoms with van der Waals surface area (Å²) in [6.45, 7) is 2.79. The SMILES string of the molecule is CC(=O)Oc1ccc(N2C(=O)[C@@H]3[C@H](C2=O)[C@H]2c4ccccc4C=C[NH+]2[C@@H]3C(C)=O)cc1. The zero-order valence-electron chi connectivity index (χ0n) is 17.1. The number of nitrogens with zero attached hydrogens (tertiary/aromatic N) is 1. The van der Waals surface area contributed by atoms with Crippen LogP contribution in [0.4, 0.5) is 5.69 Å². The molecule has 2 amide bonds.